The van der Waals surface area contributed by atoms with Gasteiger partial charge in [0.1, 0.15) is 11.2 Å². The molecule has 26 heavy (non-hydrogen) atoms. The highest BCUT2D eigenvalue weighted by Crippen LogP contribution is 2.31. The minimum absolute atomic E-state index is 0.0745. The molecule has 4 rings (SSSR count). The fourth-order valence-corrected chi connectivity index (χ4v) is 3.94. The summed E-state index contributed by atoms with van der Waals surface area (Å²) in [6.45, 7) is 0.979. The smallest absolute Gasteiger partial charge is 0.271 e. The quantitative estimate of drug-likeness (QED) is 0.827. The predicted octanol–water partition coefficient (Wildman–Crippen LogP) is 1.16. The Morgan fingerprint density at radius 3 is 2.73 bits per heavy atom. The summed E-state index contributed by atoms with van der Waals surface area (Å²) in [5.41, 5.74) is 1.48. The Kier molecular flexibility index (Phi) is 4.03. The van der Waals surface area contributed by atoms with E-state index in [4.69, 9.17) is 0 Å². The second kappa shape index (κ2) is 6.24. The fraction of sp³-hybridized carbons (Fsp3) is 0.412. The van der Waals surface area contributed by atoms with Crippen molar-refractivity contribution >= 4 is 29.1 Å². The Morgan fingerprint density at radius 2 is 2.12 bits per heavy atom. The molecule has 9 heteroatoms. The number of H-pyrrole nitrogens is 1. The van der Waals surface area contributed by atoms with E-state index in [1.807, 2.05) is 30.9 Å². The van der Waals surface area contributed by atoms with Gasteiger partial charge in [0, 0.05) is 38.1 Å². The number of carbonyl (C=O) groups excluding carboxylic acids is 2. The summed E-state index contributed by atoms with van der Waals surface area (Å²) < 4.78 is 0. The number of nitrogens with zero attached hydrogens (tertiary/aromatic N) is 4. The number of likely N-dealkylation sites (tertiary alicyclic amines) is 1. The lowest BCUT2D eigenvalue weighted by Gasteiger charge is -2.35. The second-order valence-electron chi connectivity index (χ2n) is 6.79. The average Bonchev–Trinajstić information content (AvgIpc) is 3.36. The Balaban J connectivity index is 1.45. The van der Waals surface area contributed by atoms with Crippen molar-refractivity contribution in [3.05, 3.63) is 28.6 Å². The number of aliphatic imine (C=N–C) groups is 1. The molecule has 0 saturated carbocycles. The molecule has 2 amide bonds. The summed E-state index contributed by atoms with van der Waals surface area (Å²) in [6.07, 6.45) is 1.04. The first-order chi connectivity index (χ1) is 12.5. The van der Waals surface area contributed by atoms with Crippen LogP contribution in [0.5, 0.6) is 0 Å². The van der Waals surface area contributed by atoms with E-state index in [1.165, 1.54) is 0 Å². The number of rotatable bonds is 2. The number of amides is 2. The Morgan fingerprint density at radius 1 is 1.35 bits per heavy atom. The Labute approximate surface area is 154 Å². The van der Waals surface area contributed by atoms with Crippen LogP contribution >= 0.6 is 11.3 Å². The van der Waals surface area contributed by atoms with E-state index in [0.29, 0.717) is 37.6 Å². The number of aromatic amines is 1. The molecule has 1 saturated heterocycles. The third-order valence-corrected chi connectivity index (χ3v) is 5.58. The van der Waals surface area contributed by atoms with Crippen molar-refractivity contribution in [2.75, 3.05) is 27.2 Å². The molecule has 2 aliphatic rings. The van der Waals surface area contributed by atoms with Crippen molar-refractivity contribution in [3.8, 4) is 11.3 Å². The van der Waals surface area contributed by atoms with E-state index < -0.39 is 5.54 Å². The van der Waals surface area contributed by atoms with Crippen molar-refractivity contribution in [1.29, 1.82) is 0 Å². The number of carbonyl (C=O) groups is 2. The molecule has 0 radical (unpaired) electrons. The maximum atomic E-state index is 12.8. The normalized spacial score (nSPS) is 18.8. The molecule has 0 aliphatic carbocycles. The number of aromatic nitrogens is 2. The van der Waals surface area contributed by atoms with Gasteiger partial charge in [0.25, 0.3) is 11.8 Å². The van der Waals surface area contributed by atoms with E-state index in [2.05, 4.69) is 20.5 Å². The zero-order valence-corrected chi connectivity index (χ0v) is 15.5. The van der Waals surface area contributed by atoms with Crippen LogP contribution in [0, 0.1) is 0 Å². The molecule has 1 fully saturated rings. The van der Waals surface area contributed by atoms with Crippen LogP contribution in [0.2, 0.25) is 0 Å². The van der Waals surface area contributed by atoms with Crippen LogP contribution < -0.4 is 5.32 Å². The standard InChI is InChI=1S/C17H20N6O2S/c1-22(2)16-18-15(25)17(19-16)4-6-23(7-5-17)14(24)13-9-12(20-21-13)11-3-8-26-10-11/h3,8-10H,4-7H2,1-2H3,(H,20,21)(H,18,19,25). The van der Waals surface area contributed by atoms with Crippen molar-refractivity contribution in [2.24, 2.45) is 4.99 Å². The maximum Gasteiger partial charge on any atom is 0.271 e. The summed E-state index contributed by atoms with van der Waals surface area (Å²) in [7, 11) is 3.69. The van der Waals surface area contributed by atoms with Gasteiger partial charge in [0.05, 0.1) is 5.69 Å². The third kappa shape index (κ3) is 2.78. The number of nitrogens with one attached hydrogen (secondary N) is 2. The van der Waals surface area contributed by atoms with E-state index >= 15 is 0 Å². The first-order valence-corrected chi connectivity index (χ1v) is 9.39. The second-order valence-corrected chi connectivity index (χ2v) is 7.57. The van der Waals surface area contributed by atoms with Crippen LogP contribution in [0.3, 0.4) is 0 Å². The van der Waals surface area contributed by atoms with Crippen LogP contribution in [-0.2, 0) is 4.79 Å². The number of guanidine groups is 1. The van der Waals surface area contributed by atoms with Crippen molar-refractivity contribution < 1.29 is 9.59 Å². The first kappa shape index (κ1) is 16.8. The van der Waals surface area contributed by atoms with Gasteiger partial charge in [-0.25, -0.2) is 4.99 Å². The summed E-state index contributed by atoms with van der Waals surface area (Å²) >= 11 is 1.59. The van der Waals surface area contributed by atoms with Crippen LogP contribution in [0.15, 0.2) is 27.9 Å². The van der Waals surface area contributed by atoms with Gasteiger partial charge in [0.2, 0.25) is 5.96 Å². The monoisotopic (exact) mass is 372 g/mol. The number of thiophene rings is 1. The van der Waals surface area contributed by atoms with Gasteiger partial charge in [0.15, 0.2) is 0 Å². The van der Waals surface area contributed by atoms with Crippen molar-refractivity contribution in [1.82, 2.24) is 25.3 Å². The zero-order valence-electron chi connectivity index (χ0n) is 14.7. The molecule has 0 atom stereocenters. The zero-order chi connectivity index (χ0) is 18.3. The van der Waals surface area contributed by atoms with Crippen LogP contribution in [0.1, 0.15) is 23.3 Å². The van der Waals surface area contributed by atoms with Crippen molar-refractivity contribution in [3.63, 3.8) is 0 Å². The predicted molar refractivity (Wildman–Crippen MR) is 99.0 cm³/mol. The van der Waals surface area contributed by atoms with Gasteiger partial charge in [-0.2, -0.15) is 16.4 Å². The maximum absolute atomic E-state index is 12.8. The molecule has 1 spiro atoms. The average molecular weight is 372 g/mol. The van der Waals surface area contributed by atoms with Gasteiger partial charge in [-0.1, -0.05) is 0 Å². The molecule has 2 N–H and O–H groups in total. The molecular formula is C17H20N6O2S. The largest absolute Gasteiger partial charge is 0.349 e. The molecular weight excluding hydrogens is 352 g/mol. The molecule has 2 aromatic rings. The van der Waals surface area contributed by atoms with Crippen molar-refractivity contribution in [2.45, 2.75) is 18.4 Å². The lowest BCUT2D eigenvalue weighted by molar-refractivity contribution is -0.125. The highest BCUT2D eigenvalue weighted by molar-refractivity contribution is 7.08. The van der Waals surface area contributed by atoms with E-state index in [0.717, 1.165) is 11.3 Å². The summed E-state index contributed by atoms with van der Waals surface area (Å²) in [6, 6.07) is 3.75. The molecule has 2 aromatic heterocycles. The van der Waals surface area contributed by atoms with Crippen LogP contribution in [-0.4, -0.2) is 70.5 Å². The molecule has 8 nitrogen and oxygen atoms in total. The minimum atomic E-state index is -0.744. The molecule has 0 unspecified atom stereocenters. The van der Waals surface area contributed by atoms with E-state index in [1.54, 1.807) is 27.2 Å². The van der Waals surface area contributed by atoms with Crippen LogP contribution in [0.4, 0.5) is 0 Å². The molecule has 4 heterocycles. The van der Waals surface area contributed by atoms with Gasteiger partial charge >= 0.3 is 0 Å². The number of hydrogen-bond acceptors (Lipinski definition) is 6. The minimum Gasteiger partial charge on any atom is -0.349 e. The van der Waals surface area contributed by atoms with Gasteiger partial charge in [-0.3, -0.25) is 20.0 Å². The third-order valence-electron chi connectivity index (χ3n) is 4.89. The first-order valence-electron chi connectivity index (χ1n) is 8.44. The lowest BCUT2D eigenvalue weighted by Crippen LogP contribution is -2.50. The molecule has 0 bridgehead atoms. The molecule has 0 aromatic carbocycles. The number of piperidine rings is 1. The highest BCUT2D eigenvalue weighted by Gasteiger charge is 2.47. The van der Waals surface area contributed by atoms with Crippen LogP contribution in [0.25, 0.3) is 11.3 Å². The summed E-state index contributed by atoms with van der Waals surface area (Å²) in [5.74, 6) is 0.419. The van der Waals surface area contributed by atoms with Gasteiger partial charge in [-0.15, -0.1) is 0 Å². The summed E-state index contributed by atoms with van der Waals surface area (Å²) in [5, 5.41) is 13.9. The Hall–Kier alpha value is -2.68. The Bertz CT molecular complexity index is 862. The SMILES string of the molecule is CN(C)C1=NC2(CCN(C(=O)c3cc(-c4ccsc4)n[nH]3)CC2)C(=O)N1. The fourth-order valence-electron chi connectivity index (χ4n) is 3.29. The topological polar surface area (TPSA) is 93.7 Å². The molecule has 136 valence electrons. The van der Waals surface area contributed by atoms with Gasteiger partial charge in [-0.05, 0) is 30.4 Å². The molecule has 2 aliphatic heterocycles. The summed E-state index contributed by atoms with van der Waals surface area (Å²) in [4.78, 5) is 33.3. The lowest BCUT2D eigenvalue weighted by atomic mass is 9.88. The van der Waals surface area contributed by atoms with E-state index in [-0.39, 0.29) is 11.8 Å². The number of hydrogen-bond donors (Lipinski definition) is 2. The highest BCUT2D eigenvalue weighted by atomic mass is 32.1. The van der Waals surface area contributed by atoms with Gasteiger partial charge < -0.3 is 9.80 Å². The van der Waals surface area contributed by atoms with E-state index in [9.17, 15) is 9.59 Å².